The van der Waals surface area contributed by atoms with Crippen molar-refractivity contribution < 1.29 is 23.8 Å². The maximum Gasteiger partial charge on any atom is 0.339 e. The fourth-order valence-electron chi connectivity index (χ4n) is 1.99. The lowest BCUT2D eigenvalue weighted by Crippen LogP contribution is -2.26. The van der Waals surface area contributed by atoms with E-state index in [0.29, 0.717) is 23.0 Å². The largest absolute Gasteiger partial charge is 0.481 e. The van der Waals surface area contributed by atoms with Crippen LogP contribution in [0, 0.1) is 6.92 Å². The van der Waals surface area contributed by atoms with E-state index in [9.17, 15) is 9.59 Å². The van der Waals surface area contributed by atoms with Gasteiger partial charge in [0.25, 0.3) is 5.91 Å². The molecule has 7 heteroatoms. The van der Waals surface area contributed by atoms with E-state index in [1.54, 1.807) is 26.1 Å². The number of hydrogen-bond acceptors (Lipinski definition) is 5. The quantitative estimate of drug-likeness (QED) is 0.907. The van der Waals surface area contributed by atoms with Crippen molar-refractivity contribution >= 4 is 11.9 Å². The molecule has 0 unspecified atom stereocenters. The second kappa shape index (κ2) is 6.30. The van der Waals surface area contributed by atoms with Gasteiger partial charge >= 0.3 is 5.97 Å². The first-order valence-corrected chi connectivity index (χ1v) is 6.50. The number of methoxy groups -OCH3 is 1. The van der Waals surface area contributed by atoms with Crippen molar-refractivity contribution in [2.75, 3.05) is 14.2 Å². The molecular formula is C15H16N2O5. The lowest BCUT2D eigenvalue weighted by molar-refractivity contribution is 0.0694. The monoisotopic (exact) mass is 304 g/mol. The minimum atomic E-state index is -1.05. The molecule has 2 aromatic rings. The first kappa shape index (κ1) is 15.6. The maximum atomic E-state index is 12.3. The summed E-state index contributed by atoms with van der Waals surface area (Å²) in [4.78, 5) is 28.6. The topological polar surface area (TPSA) is 92.9 Å². The Balaban J connectivity index is 2.10. The Morgan fingerprint density at radius 1 is 1.41 bits per heavy atom. The van der Waals surface area contributed by atoms with Crippen LogP contribution < -0.4 is 4.74 Å². The first-order chi connectivity index (χ1) is 10.4. The molecule has 0 aliphatic rings. The number of rotatable bonds is 5. The van der Waals surface area contributed by atoms with Gasteiger partial charge in [0.15, 0.2) is 0 Å². The van der Waals surface area contributed by atoms with E-state index in [2.05, 4.69) is 4.98 Å². The summed E-state index contributed by atoms with van der Waals surface area (Å²) in [5.41, 5.74) is 0.506. The Kier molecular flexibility index (Phi) is 4.45. The van der Waals surface area contributed by atoms with Crippen molar-refractivity contribution in [3.8, 4) is 5.88 Å². The highest BCUT2D eigenvalue weighted by atomic mass is 16.5. The molecule has 0 aliphatic carbocycles. The normalized spacial score (nSPS) is 10.3. The van der Waals surface area contributed by atoms with E-state index in [-0.39, 0.29) is 18.0 Å². The van der Waals surface area contributed by atoms with E-state index in [1.807, 2.05) is 0 Å². The Morgan fingerprint density at radius 3 is 2.64 bits per heavy atom. The summed E-state index contributed by atoms with van der Waals surface area (Å²) in [6, 6.07) is 4.63. The van der Waals surface area contributed by atoms with E-state index in [0.717, 1.165) is 0 Å². The third kappa shape index (κ3) is 3.25. The summed E-state index contributed by atoms with van der Waals surface area (Å²) in [5.74, 6) is -0.157. The molecule has 7 nitrogen and oxygen atoms in total. The van der Waals surface area contributed by atoms with Crippen molar-refractivity contribution in [2.45, 2.75) is 13.5 Å². The van der Waals surface area contributed by atoms with Crippen LogP contribution in [0.5, 0.6) is 5.88 Å². The van der Waals surface area contributed by atoms with Gasteiger partial charge in [0.1, 0.15) is 17.1 Å². The Hall–Kier alpha value is -2.83. The smallest absolute Gasteiger partial charge is 0.339 e. The number of carbonyl (C=O) groups excluding carboxylic acids is 1. The van der Waals surface area contributed by atoms with Gasteiger partial charge in [-0.05, 0) is 19.1 Å². The fraction of sp³-hybridized carbons (Fsp3) is 0.267. The molecule has 0 radical (unpaired) electrons. The van der Waals surface area contributed by atoms with Gasteiger partial charge in [-0.2, -0.15) is 0 Å². The van der Waals surface area contributed by atoms with Crippen LogP contribution in [0.2, 0.25) is 0 Å². The molecule has 0 aliphatic heterocycles. The van der Waals surface area contributed by atoms with Crippen LogP contribution in [-0.2, 0) is 6.54 Å². The van der Waals surface area contributed by atoms with Crippen molar-refractivity contribution in [3.05, 3.63) is 47.0 Å². The van der Waals surface area contributed by atoms with Crippen molar-refractivity contribution in [1.82, 2.24) is 9.88 Å². The molecule has 0 saturated heterocycles. The molecule has 1 N–H and O–H groups in total. The van der Waals surface area contributed by atoms with Gasteiger partial charge in [0.05, 0.1) is 19.2 Å². The lowest BCUT2D eigenvalue weighted by Gasteiger charge is -2.15. The maximum absolute atomic E-state index is 12.3. The highest BCUT2D eigenvalue weighted by Gasteiger charge is 2.18. The minimum Gasteiger partial charge on any atom is -0.481 e. The predicted octanol–water partition coefficient (Wildman–Crippen LogP) is 1.96. The number of carboxylic acids is 1. The van der Waals surface area contributed by atoms with Gasteiger partial charge in [0, 0.05) is 19.3 Å². The summed E-state index contributed by atoms with van der Waals surface area (Å²) < 4.78 is 10.3. The molecule has 0 saturated carbocycles. The van der Waals surface area contributed by atoms with Crippen molar-refractivity contribution in [3.63, 3.8) is 0 Å². The minimum absolute atomic E-state index is 0.0990. The number of amides is 1. The predicted molar refractivity (Wildman–Crippen MR) is 77.0 cm³/mol. The van der Waals surface area contributed by atoms with E-state index in [1.165, 1.54) is 24.3 Å². The molecule has 0 fully saturated rings. The number of aryl methyl sites for hydroxylation is 1. The van der Waals surface area contributed by atoms with Gasteiger partial charge in [0.2, 0.25) is 5.88 Å². The summed E-state index contributed by atoms with van der Waals surface area (Å²) >= 11 is 0. The molecule has 2 heterocycles. The Bertz CT molecular complexity index is 690. The third-order valence-electron chi connectivity index (χ3n) is 3.13. The zero-order valence-corrected chi connectivity index (χ0v) is 12.5. The number of carboxylic acid groups (broad SMARTS) is 1. The van der Waals surface area contributed by atoms with Crippen LogP contribution in [0.25, 0.3) is 0 Å². The van der Waals surface area contributed by atoms with Crippen LogP contribution in [0.15, 0.2) is 28.8 Å². The average Bonchev–Trinajstić information content (AvgIpc) is 2.87. The summed E-state index contributed by atoms with van der Waals surface area (Å²) in [6.45, 7) is 1.74. The van der Waals surface area contributed by atoms with Crippen LogP contribution in [-0.4, -0.2) is 41.0 Å². The number of pyridine rings is 1. The molecule has 2 aromatic heterocycles. The van der Waals surface area contributed by atoms with Gasteiger partial charge in [-0.25, -0.2) is 9.78 Å². The molecule has 116 valence electrons. The van der Waals surface area contributed by atoms with E-state index in [4.69, 9.17) is 14.3 Å². The molecule has 22 heavy (non-hydrogen) atoms. The number of carbonyl (C=O) groups is 2. The van der Waals surface area contributed by atoms with Gasteiger partial charge in [-0.3, -0.25) is 4.79 Å². The highest BCUT2D eigenvalue weighted by Crippen LogP contribution is 2.17. The zero-order valence-electron chi connectivity index (χ0n) is 12.5. The number of aromatic carboxylic acids is 1. The number of aromatic nitrogens is 1. The molecule has 2 rings (SSSR count). The van der Waals surface area contributed by atoms with Crippen LogP contribution in [0.1, 0.15) is 32.2 Å². The lowest BCUT2D eigenvalue weighted by atomic mass is 10.2. The second-order valence-electron chi connectivity index (χ2n) is 4.74. The molecule has 0 bridgehead atoms. The molecule has 0 atom stereocenters. The number of furan rings is 1. The van der Waals surface area contributed by atoms with E-state index < -0.39 is 5.97 Å². The number of nitrogens with zero attached hydrogens (tertiary/aromatic N) is 2. The number of ether oxygens (including phenoxy) is 1. The number of hydrogen-bond donors (Lipinski definition) is 1. The van der Waals surface area contributed by atoms with Gasteiger partial charge in [-0.1, -0.05) is 0 Å². The Morgan fingerprint density at radius 2 is 2.14 bits per heavy atom. The average molecular weight is 304 g/mol. The highest BCUT2D eigenvalue weighted by molar-refractivity contribution is 5.93. The van der Waals surface area contributed by atoms with Crippen LogP contribution in [0.3, 0.4) is 0 Å². The molecule has 1 amide bonds. The molecule has 0 aromatic carbocycles. The Labute approximate surface area is 127 Å². The first-order valence-electron chi connectivity index (χ1n) is 6.50. The second-order valence-corrected chi connectivity index (χ2v) is 4.74. The molecular weight excluding hydrogens is 288 g/mol. The third-order valence-corrected chi connectivity index (χ3v) is 3.13. The van der Waals surface area contributed by atoms with Gasteiger partial charge < -0.3 is 19.2 Å². The van der Waals surface area contributed by atoms with Crippen molar-refractivity contribution in [1.29, 1.82) is 0 Å². The summed E-state index contributed by atoms with van der Waals surface area (Å²) in [7, 11) is 3.10. The van der Waals surface area contributed by atoms with Crippen LogP contribution in [0.4, 0.5) is 0 Å². The zero-order chi connectivity index (χ0) is 16.3. The van der Waals surface area contributed by atoms with Gasteiger partial charge in [-0.15, -0.1) is 0 Å². The summed E-state index contributed by atoms with van der Waals surface area (Å²) in [5, 5.41) is 8.99. The SMILES string of the molecule is COc1ccc(C(=O)N(C)Cc2cc(C(=O)O)c(C)o2)cn1. The van der Waals surface area contributed by atoms with Crippen LogP contribution >= 0.6 is 0 Å². The summed E-state index contributed by atoms with van der Waals surface area (Å²) in [6.07, 6.45) is 1.42. The van der Waals surface area contributed by atoms with Crippen molar-refractivity contribution in [2.24, 2.45) is 0 Å². The molecule has 0 spiro atoms. The standard InChI is InChI=1S/C15H16N2O5/c1-9-12(15(19)20)6-11(22-9)8-17(2)14(18)10-4-5-13(21-3)16-7-10/h4-7H,8H2,1-3H3,(H,19,20). The fourth-order valence-corrected chi connectivity index (χ4v) is 1.99. The van der Waals surface area contributed by atoms with E-state index >= 15 is 0 Å².